The van der Waals surface area contributed by atoms with Crippen LogP contribution in [0.15, 0.2) is 24.3 Å². The SMILES string of the molecule is CCCOCC(N)c1ccc(Cl)cc1. The summed E-state index contributed by atoms with van der Waals surface area (Å²) in [5.74, 6) is 0. The molecule has 1 atom stereocenters. The van der Waals surface area contributed by atoms with Gasteiger partial charge in [-0.3, -0.25) is 0 Å². The van der Waals surface area contributed by atoms with E-state index in [0.29, 0.717) is 6.61 Å². The molecule has 2 N–H and O–H groups in total. The molecule has 0 aliphatic rings. The summed E-state index contributed by atoms with van der Waals surface area (Å²) in [4.78, 5) is 0. The molecule has 0 amide bonds. The van der Waals surface area contributed by atoms with Gasteiger partial charge in [-0.25, -0.2) is 0 Å². The summed E-state index contributed by atoms with van der Waals surface area (Å²) in [6.07, 6.45) is 1.02. The maximum absolute atomic E-state index is 5.92. The quantitative estimate of drug-likeness (QED) is 0.764. The minimum atomic E-state index is -0.0567. The fourth-order valence-electron chi connectivity index (χ4n) is 1.16. The molecular weight excluding hydrogens is 198 g/mol. The Labute approximate surface area is 90.0 Å². The number of nitrogens with two attached hydrogens (primary N) is 1. The molecule has 1 unspecified atom stereocenters. The summed E-state index contributed by atoms with van der Waals surface area (Å²) in [5.41, 5.74) is 6.98. The van der Waals surface area contributed by atoms with Crippen LogP contribution in [0.3, 0.4) is 0 Å². The fourth-order valence-corrected chi connectivity index (χ4v) is 1.29. The van der Waals surface area contributed by atoms with Crippen LogP contribution >= 0.6 is 11.6 Å². The Bertz CT molecular complexity index is 260. The molecule has 0 aliphatic carbocycles. The van der Waals surface area contributed by atoms with E-state index in [0.717, 1.165) is 23.6 Å². The smallest absolute Gasteiger partial charge is 0.0659 e. The third-order valence-electron chi connectivity index (χ3n) is 1.94. The minimum Gasteiger partial charge on any atom is -0.379 e. The summed E-state index contributed by atoms with van der Waals surface area (Å²) >= 11 is 5.77. The van der Waals surface area contributed by atoms with Crippen molar-refractivity contribution in [1.29, 1.82) is 0 Å². The van der Waals surface area contributed by atoms with Crippen molar-refractivity contribution in [2.75, 3.05) is 13.2 Å². The summed E-state index contributed by atoms with van der Waals surface area (Å²) < 4.78 is 5.37. The standard InChI is InChI=1S/C11H16ClNO/c1-2-7-14-8-11(13)9-3-5-10(12)6-4-9/h3-6,11H,2,7-8,13H2,1H3. The molecule has 0 radical (unpaired) electrons. The van der Waals surface area contributed by atoms with Crippen LogP contribution in [0.2, 0.25) is 5.02 Å². The van der Waals surface area contributed by atoms with Crippen molar-refractivity contribution in [2.45, 2.75) is 19.4 Å². The second-order valence-corrected chi connectivity index (χ2v) is 3.67. The molecule has 0 fully saturated rings. The third kappa shape index (κ3) is 3.66. The number of rotatable bonds is 5. The maximum Gasteiger partial charge on any atom is 0.0659 e. The molecule has 3 heteroatoms. The normalized spacial score (nSPS) is 12.8. The van der Waals surface area contributed by atoms with Crippen LogP contribution in [0.5, 0.6) is 0 Å². The molecule has 1 rings (SSSR count). The molecule has 0 saturated heterocycles. The highest BCUT2D eigenvalue weighted by Gasteiger charge is 2.04. The predicted molar refractivity (Wildman–Crippen MR) is 59.5 cm³/mol. The van der Waals surface area contributed by atoms with Crippen LogP contribution < -0.4 is 5.73 Å². The van der Waals surface area contributed by atoms with Gasteiger partial charge < -0.3 is 10.5 Å². The highest BCUT2D eigenvalue weighted by atomic mass is 35.5. The van der Waals surface area contributed by atoms with Gasteiger partial charge in [0.05, 0.1) is 12.6 Å². The highest BCUT2D eigenvalue weighted by Crippen LogP contribution is 2.14. The first-order valence-corrected chi connectivity index (χ1v) is 5.20. The van der Waals surface area contributed by atoms with E-state index in [4.69, 9.17) is 22.1 Å². The second kappa shape index (κ2) is 6.02. The third-order valence-corrected chi connectivity index (χ3v) is 2.20. The lowest BCUT2D eigenvalue weighted by molar-refractivity contribution is 0.121. The first-order valence-electron chi connectivity index (χ1n) is 4.83. The Morgan fingerprint density at radius 3 is 2.57 bits per heavy atom. The number of hydrogen-bond donors (Lipinski definition) is 1. The van der Waals surface area contributed by atoms with Gasteiger partial charge in [0.1, 0.15) is 0 Å². The molecule has 0 heterocycles. The lowest BCUT2D eigenvalue weighted by atomic mass is 10.1. The van der Waals surface area contributed by atoms with Gasteiger partial charge in [0.25, 0.3) is 0 Å². The van der Waals surface area contributed by atoms with E-state index in [-0.39, 0.29) is 6.04 Å². The van der Waals surface area contributed by atoms with Crippen LogP contribution in [-0.2, 0) is 4.74 Å². The molecule has 0 saturated carbocycles. The number of halogens is 1. The molecule has 0 aliphatic heterocycles. The summed E-state index contributed by atoms with van der Waals surface area (Å²) in [5, 5.41) is 0.732. The molecule has 0 aromatic heterocycles. The van der Waals surface area contributed by atoms with E-state index >= 15 is 0 Å². The topological polar surface area (TPSA) is 35.2 Å². The number of benzene rings is 1. The monoisotopic (exact) mass is 213 g/mol. The van der Waals surface area contributed by atoms with Crippen molar-refractivity contribution in [1.82, 2.24) is 0 Å². The predicted octanol–water partition coefficient (Wildman–Crippen LogP) is 2.77. The van der Waals surface area contributed by atoms with E-state index in [9.17, 15) is 0 Å². The number of hydrogen-bond acceptors (Lipinski definition) is 2. The molecule has 78 valence electrons. The van der Waals surface area contributed by atoms with Crippen molar-refractivity contribution in [3.63, 3.8) is 0 Å². The Balaban J connectivity index is 2.43. The summed E-state index contributed by atoms with van der Waals surface area (Å²) in [6.45, 7) is 3.41. The minimum absolute atomic E-state index is 0.0567. The Morgan fingerprint density at radius 2 is 2.00 bits per heavy atom. The lowest BCUT2D eigenvalue weighted by Crippen LogP contribution is -2.17. The second-order valence-electron chi connectivity index (χ2n) is 3.23. The van der Waals surface area contributed by atoms with Crippen molar-refractivity contribution in [2.24, 2.45) is 5.73 Å². The fraction of sp³-hybridized carbons (Fsp3) is 0.455. The first-order chi connectivity index (χ1) is 6.74. The molecule has 1 aromatic carbocycles. The average Bonchev–Trinajstić information content (AvgIpc) is 2.19. The largest absolute Gasteiger partial charge is 0.379 e. The van der Waals surface area contributed by atoms with Gasteiger partial charge >= 0.3 is 0 Å². The van der Waals surface area contributed by atoms with Gasteiger partial charge in [0, 0.05) is 11.6 Å². The number of ether oxygens (including phenoxy) is 1. The van der Waals surface area contributed by atoms with Gasteiger partial charge in [0.2, 0.25) is 0 Å². The van der Waals surface area contributed by atoms with E-state index in [2.05, 4.69) is 6.92 Å². The molecule has 0 spiro atoms. The van der Waals surface area contributed by atoms with Crippen molar-refractivity contribution in [3.8, 4) is 0 Å². The van der Waals surface area contributed by atoms with Gasteiger partial charge in [-0.1, -0.05) is 30.7 Å². The summed E-state index contributed by atoms with van der Waals surface area (Å²) in [7, 11) is 0. The summed E-state index contributed by atoms with van der Waals surface area (Å²) in [6, 6.07) is 7.50. The Morgan fingerprint density at radius 1 is 1.36 bits per heavy atom. The zero-order valence-corrected chi connectivity index (χ0v) is 9.13. The van der Waals surface area contributed by atoms with Gasteiger partial charge in [-0.2, -0.15) is 0 Å². The van der Waals surface area contributed by atoms with Crippen LogP contribution in [0.1, 0.15) is 24.9 Å². The average molecular weight is 214 g/mol. The van der Waals surface area contributed by atoms with Crippen LogP contribution in [0.4, 0.5) is 0 Å². The molecule has 14 heavy (non-hydrogen) atoms. The zero-order valence-electron chi connectivity index (χ0n) is 8.37. The highest BCUT2D eigenvalue weighted by molar-refractivity contribution is 6.30. The Hall–Kier alpha value is -0.570. The Kier molecular flexibility index (Phi) is 4.94. The van der Waals surface area contributed by atoms with Crippen LogP contribution in [0.25, 0.3) is 0 Å². The van der Waals surface area contributed by atoms with E-state index in [1.54, 1.807) is 0 Å². The zero-order chi connectivity index (χ0) is 10.4. The van der Waals surface area contributed by atoms with Crippen molar-refractivity contribution >= 4 is 11.6 Å². The lowest BCUT2D eigenvalue weighted by Gasteiger charge is -2.12. The van der Waals surface area contributed by atoms with Crippen LogP contribution in [0, 0.1) is 0 Å². The first kappa shape index (κ1) is 11.5. The van der Waals surface area contributed by atoms with Crippen molar-refractivity contribution < 1.29 is 4.74 Å². The van der Waals surface area contributed by atoms with E-state index < -0.39 is 0 Å². The van der Waals surface area contributed by atoms with E-state index in [1.807, 2.05) is 24.3 Å². The van der Waals surface area contributed by atoms with Gasteiger partial charge in [-0.15, -0.1) is 0 Å². The van der Waals surface area contributed by atoms with Crippen LogP contribution in [-0.4, -0.2) is 13.2 Å². The van der Waals surface area contributed by atoms with Crippen molar-refractivity contribution in [3.05, 3.63) is 34.9 Å². The van der Waals surface area contributed by atoms with E-state index in [1.165, 1.54) is 0 Å². The molecule has 0 bridgehead atoms. The molecule has 2 nitrogen and oxygen atoms in total. The van der Waals surface area contributed by atoms with Gasteiger partial charge in [0.15, 0.2) is 0 Å². The molecular formula is C11H16ClNO. The molecule has 1 aromatic rings. The maximum atomic E-state index is 5.92. The van der Waals surface area contributed by atoms with Gasteiger partial charge in [-0.05, 0) is 24.1 Å².